The minimum atomic E-state index is -4.41. The van der Waals surface area contributed by atoms with E-state index in [1.54, 1.807) is 0 Å². The third-order valence-electron chi connectivity index (χ3n) is 2.06. The predicted octanol–water partition coefficient (Wildman–Crippen LogP) is 0.815. The van der Waals surface area contributed by atoms with Crippen molar-refractivity contribution in [1.29, 1.82) is 0 Å². The molecule has 0 amide bonds. The molecule has 98 valence electrons. The van der Waals surface area contributed by atoms with Crippen LogP contribution in [0.1, 0.15) is 18.6 Å². The number of carboxylic acids is 1. The van der Waals surface area contributed by atoms with Gasteiger partial charge in [0.1, 0.15) is 11.8 Å². The number of carboxylic acid groups (broad SMARTS) is 1. The smallest absolute Gasteiger partial charge is 0.327 e. The third kappa shape index (κ3) is 2.99. The summed E-state index contributed by atoms with van der Waals surface area (Å²) in [5, 5.41) is 10.4. The SMILES string of the molecule is CC(=O)OC(c1ccc(F)cc1)C(F)(F)C(=O)[O-]. The van der Waals surface area contributed by atoms with E-state index in [4.69, 9.17) is 0 Å². The predicted molar refractivity (Wildman–Crippen MR) is 50.9 cm³/mol. The summed E-state index contributed by atoms with van der Waals surface area (Å²) in [5.74, 6) is -8.89. The van der Waals surface area contributed by atoms with Gasteiger partial charge in [-0.05, 0) is 17.7 Å². The summed E-state index contributed by atoms with van der Waals surface area (Å²) in [6.45, 7) is 0.849. The van der Waals surface area contributed by atoms with Crippen molar-refractivity contribution in [2.24, 2.45) is 0 Å². The molecule has 1 unspecified atom stereocenters. The minimum Gasteiger partial charge on any atom is -0.544 e. The molecule has 0 heterocycles. The maximum atomic E-state index is 13.3. The van der Waals surface area contributed by atoms with E-state index in [0.29, 0.717) is 0 Å². The molecule has 0 spiro atoms. The number of aliphatic carboxylic acids is 1. The lowest BCUT2D eigenvalue weighted by molar-refractivity contribution is -0.336. The van der Waals surface area contributed by atoms with Crippen molar-refractivity contribution in [1.82, 2.24) is 0 Å². The quantitative estimate of drug-likeness (QED) is 0.752. The van der Waals surface area contributed by atoms with Crippen LogP contribution in [-0.4, -0.2) is 17.9 Å². The van der Waals surface area contributed by atoms with Crippen LogP contribution >= 0.6 is 0 Å². The van der Waals surface area contributed by atoms with Crippen molar-refractivity contribution in [2.75, 3.05) is 0 Å². The van der Waals surface area contributed by atoms with Crippen LogP contribution in [0, 0.1) is 5.82 Å². The average molecular weight is 261 g/mol. The largest absolute Gasteiger partial charge is 0.544 e. The second-order valence-corrected chi connectivity index (χ2v) is 3.45. The van der Waals surface area contributed by atoms with Crippen LogP contribution < -0.4 is 5.11 Å². The molecule has 1 aromatic rings. The fourth-order valence-electron chi connectivity index (χ4n) is 1.26. The zero-order valence-corrected chi connectivity index (χ0v) is 9.15. The molecule has 1 rings (SSSR count). The zero-order valence-electron chi connectivity index (χ0n) is 9.15. The van der Waals surface area contributed by atoms with Crippen molar-refractivity contribution in [3.05, 3.63) is 35.6 Å². The van der Waals surface area contributed by atoms with Gasteiger partial charge in [0.2, 0.25) is 0 Å². The Morgan fingerprint density at radius 1 is 1.28 bits per heavy atom. The van der Waals surface area contributed by atoms with Gasteiger partial charge in [-0.2, -0.15) is 8.78 Å². The van der Waals surface area contributed by atoms with E-state index >= 15 is 0 Å². The first-order chi connectivity index (χ1) is 8.25. The highest BCUT2D eigenvalue weighted by Crippen LogP contribution is 2.34. The van der Waals surface area contributed by atoms with Gasteiger partial charge in [0.05, 0.1) is 0 Å². The van der Waals surface area contributed by atoms with E-state index in [-0.39, 0.29) is 5.56 Å². The molecule has 0 aliphatic heterocycles. The van der Waals surface area contributed by atoms with Crippen LogP contribution in [0.3, 0.4) is 0 Å². The standard InChI is InChI=1S/C11H9F3O4/c1-6(15)18-9(11(13,14)10(16)17)7-2-4-8(12)5-3-7/h2-5,9H,1H3,(H,16,17)/p-1. The Kier molecular flexibility index (Phi) is 3.95. The molecule has 18 heavy (non-hydrogen) atoms. The van der Waals surface area contributed by atoms with Gasteiger partial charge in [-0.15, -0.1) is 0 Å². The van der Waals surface area contributed by atoms with Gasteiger partial charge in [-0.25, -0.2) is 4.39 Å². The van der Waals surface area contributed by atoms with Crippen molar-refractivity contribution in [3.63, 3.8) is 0 Å². The summed E-state index contributed by atoms with van der Waals surface area (Å²) in [5.41, 5.74) is -0.346. The molecule has 4 nitrogen and oxygen atoms in total. The van der Waals surface area contributed by atoms with E-state index < -0.39 is 29.8 Å². The van der Waals surface area contributed by atoms with Crippen LogP contribution in [0.25, 0.3) is 0 Å². The average Bonchev–Trinajstić information content (AvgIpc) is 2.26. The number of carbonyl (C=O) groups excluding carboxylic acids is 2. The number of ether oxygens (including phenoxy) is 1. The number of rotatable bonds is 4. The van der Waals surface area contributed by atoms with Gasteiger partial charge in [0.25, 0.3) is 0 Å². The second-order valence-electron chi connectivity index (χ2n) is 3.45. The van der Waals surface area contributed by atoms with Gasteiger partial charge in [0, 0.05) is 6.92 Å². The number of hydrogen-bond acceptors (Lipinski definition) is 4. The topological polar surface area (TPSA) is 66.4 Å². The Bertz CT molecular complexity index is 456. The Balaban J connectivity index is 3.17. The molecular formula is C11H8F3O4-. The summed E-state index contributed by atoms with van der Waals surface area (Å²) < 4.78 is 43.6. The van der Waals surface area contributed by atoms with Crippen molar-refractivity contribution < 1.29 is 32.6 Å². The summed E-state index contributed by atoms with van der Waals surface area (Å²) in [4.78, 5) is 21.1. The molecule has 1 atom stereocenters. The van der Waals surface area contributed by atoms with Crippen molar-refractivity contribution in [3.8, 4) is 0 Å². The lowest BCUT2D eigenvalue weighted by Crippen LogP contribution is -2.47. The van der Waals surface area contributed by atoms with Gasteiger partial charge in [0.15, 0.2) is 6.10 Å². The molecule has 0 fully saturated rings. The van der Waals surface area contributed by atoms with E-state index in [1.165, 1.54) is 0 Å². The summed E-state index contributed by atoms with van der Waals surface area (Å²) >= 11 is 0. The number of halogens is 3. The molecule has 0 aliphatic carbocycles. The first kappa shape index (κ1) is 14.0. The second kappa shape index (κ2) is 5.07. The van der Waals surface area contributed by atoms with E-state index in [2.05, 4.69) is 4.74 Å². The van der Waals surface area contributed by atoms with E-state index in [1.807, 2.05) is 0 Å². The highest BCUT2D eigenvalue weighted by atomic mass is 19.3. The molecule has 0 N–H and O–H groups in total. The number of esters is 1. The molecular weight excluding hydrogens is 253 g/mol. The van der Waals surface area contributed by atoms with E-state index in [0.717, 1.165) is 31.2 Å². The Morgan fingerprint density at radius 2 is 1.78 bits per heavy atom. The maximum Gasteiger partial charge on any atom is 0.327 e. The normalized spacial score (nSPS) is 12.9. The maximum absolute atomic E-state index is 13.3. The minimum absolute atomic E-state index is 0.346. The lowest BCUT2D eigenvalue weighted by Gasteiger charge is -2.27. The fourth-order valence-corrected chi connectivity index (χ4v) is 1.26. The monoisotopic (exact) mass is 261 g/mol. The molecule has 0 radical (unpaired) electrons. The molecule has 0 bridgehead atoms. The first-order valence-corrected chi connectivity index (χ1v) is 4.77. The van der Waals surface area contributed by atoms with Crippen LogP contribution in [-0.2, 0) is 14.3 Å². The molecule has 0 aromatic heterocycles. The molecule has 0 saturated heterocycles. The van der Waals surface area contributed by atoms with Crippen LogP contribution in [0.2, 0.25) is 0 Å². The Hall–Kier alpha value is -2.05. The van der Waals surface area contributed by atoms with Crippen LogP contribution in [0.4, 0.5) is 13.2 Å². The van der Waals surface area contributed by atoms with Crippen molar-refractivity contribution >= 4 is 11.9 Å². The van der Waals surface area contributed by atoms with Gasteiger partial charge < -0.3 is 14.6 Å². The number of alkyl halides is 2. The highest BCUT2D eigenvalue weighted by Gasteiger charge is 2.45. The molecule has 0 saturated carbocycles. The van der Waals surface area contributed by atoms with Crippen molar-refractivity contribution in [2.45, 2.75) is 19.0 Å². The van der Waals surface area contributed by atoms with Gasteiger partial charge in [-0.1, -0.05) is 12.1 Å². The van der Waals surface area contributed by atoms with Gasteiger partial charge in [-0.3, -0.25) is 4.79 Å². The summed E-state index contributed by atoms with van der Waals surface area (Å²) in [7, 11) is 0. The highest BCUT2D eigenvalue weighted by molar-refractivity contribution is 5.75. The van der Waals surface area contributed by atoms with Gasteiger partial charge >= 0.3 is 11.9 Å². The Labute approximate surface area is 100.0 Å². The summed E-state index contributed by atoms with van der Waals surface area (Å²) in [6.07, 6.45) is -2.36. The zero-order chi connectivity index (χ0) is 13.9. The van der Waals surface area contributed by atoms with Crippen LogP contribution in [0.5, 0.6) is 0 Å². The molecule has 7 heteroatoms. The Morgan fingerprint density at radius 3 is 2.17 bits per heavy atom. The third-order valence-corrected chi connectivity index (χ3v) is 2.06. The lowest BCUT2D eigenvalue weighted by atomic mass is 10.0. The first-order valence-electron chi connectivity index (χ1n) is 4.77. The van der Waals surface area contributed by atoms with E-state index in [9.17, 15) is 27.9 Å². The summed E-state index contributed by atoms with van der Waals surface area (Å²) in [6, 6.07) is 3.49. The fraction of sp³-hybridized carbons (Fsp3) is 0.273. The molecule has 0 aliphatic rings. The van der Waals surface area contributed by atoms with Crippen LogP contribution in [0.15, 0.2) is 24.3 Å². The number of carbonyl (C=O) groups is 2. The number of benzene rings is 1. The number of hydrogen-bond donors (Lipinski definition) is 0. The molecule has 1 aromatic carbocycles.